The van der Waals surface area contributed by atoms with E-state index >= 15 is 8.78 Å². The molecule has 5 rings (SSSR count). The van der Waals surface area contributed by atoms with Crippen molar-refractivity contribution in [2.24, 2.45) is 0 Å². The number of pyridine rings is 2. The summed E-state index contributed by atoms with van der Waals surface area (Å²) in [5, 5.41) is 10.9. The third-order valence-corrected chi connectivity index (χ3v) is 8.11. The number of carbonyl (C=O) groups excluding carboxylic acids is 2. The maximum atomic E-state index is 16.2. The lowest BCUT2D eigenvalue weighted by molar-refractivity contribution is -0.126. The highest BCUT2D eigenvalue weighted by Crippen LogP contribution is 2.38. The molecule has 0 radical (unpaired) electrons. The molecule has 0 unspecified atom stereocenters. The number of rotatable bonds is 6. The van der Waals surface area contributed by atoms with Crippen LogP contribution >= 0.6 is 0 Å². The number of fused-ring (bicyclic) bond motifs is 1. The molecule has 13 heteroatoms. The summed E-state index contributed by atoms with van der Waals surface area (Å²) in [6.07, 6.45) is 2.85. The van der Waals surface area contributed by atoms with E-state index in [0.717, 1.165) is 23.1 Å². The minimum atomic E-state index is -1.16. The van der Waals surface area contributed by atoms with Gasteiger partial charge in [0.2, 0.25) is 5.91 Å². The van der Waals surface area contributed by atoms with E-state index in [4.69, 9.17) is 0 Å². The molecule has 1 fully saturated rings. The second-order valence-corrected chi connectivity index (χ2v) is 11.8. The van der Waals surface area contributed by atoms with Crippen LogP contribution in [-0.4, -0.2) is 86.0 Å². The summed E-state index contributed by atoms with van der Waals surface area (Å²) < 4.78 is 33.4. The van der Waals surface area contributed by atoms with Crippen molar-refractivity contribution < 1.29 is 23.5 Å². The maximum absolute atomic E-state index is 16.2. The van der Waals surface area contributed by atoms with E-state index in [9.17, 15) is 19.5 Å². The monoisotopic (exact) mass is 631 g/mol. The molecule has 4 aromatic rings. The zero-order valence-corrected chi connectivity index (χ0v) is 26.5. The molecular weight excluding hydrogens is 596 g/mol. The summed E-state index contributed by atoms with van der Waals surface area (Å²) >= 11 is 0. The number of nitrogens with zero attached hydrogens (tertiary/aromatic N) is 7. The highest BCUT2D eigenvalue weighted by atomic mass is 19.1. The van der Waals surface area contributed by atoms with Crippen LogP contribution in [-0.2, 0) is 4.79 Å². The fourth-order valence-corrected chi connectivity index (χ4v) is 5.79. The lowest BCUT2D eigenvalue weighted by Crippen LogP contribution is -2.54. The van der Waals surface area contributed by atoms with Crippen LogP contribution in [0, 0.1) is 18.6 Å². The van der Waals surface area contributed by atoms with E-state index in [1.54, 1.807) is 29.0 Å². The smallest absolute Gasteiger partial charge is 0.355 e. The maximum Gasteiger partial charge on any atom is 0.355 e. The molecule has 1 N–H and O–H groups in total. The molecule has 46 heavy (non-hydrogen) atoms. The largest absolute Gasteiger partial charge is 0.507 e. The van der Waals surface area contributed by atoms with Crippen LogP contribution in [0.3, 0.4) is 0 Å². The van der Waals surface area contributed by atoms with Gasteiger partial charge in [-0.25, -0.2) is 23.1 Å². The van der Waals surface area contributed by atoms with Crippen molar-refractivity contribution in [3.05, 3.63) is 82.1 Å². The summed E-state index contributed by atoms with van der Waals surface area (Å²) in [6.45, 7) is 11.9. The van der Waals surface area contributed by atoms with Gasteiger partial charge in [-0.3, -0.25) is 14.6 Å². The summed E-state index contributed by atoms with van der Waals surface area (Å²) in [5.41, 5.74) is -0.771. The van der Waals surface area contributed by atoms with E-state index in [1.807, 2.05) is 20.8 Å². The van der Waals surface area contributed by atoms with E-state index in [-0.39, 0.29) is 41.3 Å². The first-order valence-electron chi connectivity index (χ1n) is 14.8. The van der Waals surface area contributed by atoms with Gasteiger partial charge in [-0.15, -0.1) is 0 Å². The van der Waals surface area contributed by atoms with Crippen LogP contribution in [0.4, 0.5) is 14.6 Å². The van der Waals surface area contributed by atoms with Crippen LogP contribution in [0.25, 0.3) is 28.0 Å². The summed E-state index contributed by atoms with van der Waals surface area (Å²) in [5.74, 6) is -3.74. The van der Waals surface area contributed by atoms with Crippen LogP contribution in [0.2, 0.25) is 0 Å². The zero-order chi connectivity index (χ0) is 33.6. The molecule has 2 amide bonds. The van der Waals surface area contributed by atoms with Gasteiger partial charge >= 0.3 is 5.69 Å². The zero-order valence-electron chi connectivity index (χ0n) is 26.5. The molecule has 1 saturated heterocycles. The Morgan fingerprint density at radius 1 is 1.15 bits per heavy atom. The lowest BCUT2D eigenvalue weighted by atomic mass is 10.0. The SMILES string of the molecule is C=CC(=O)N1CCN(c2nc(=O)n(-c3c(C)ccnc3C(C)C)c3nc(-c4c(O)ccc(C(=O)N(C)C)c4F)c(F)cc23)[C@@H](C)C1. The van der Waals surface area contributed by atoms with E-state index in [1.165, 1.54) is 24.7 Å². The Bertz CT molecular complexity index is 1960. The highest BCUT2D eigenvalue weighted by molar-refractivity contribution is 5.97. The number of aryl methyl sites for hydroxylation is 1. The number of benzene rings is 1. The molecule has 3 aromatic heterocycles. The van der Waals surface area contributed by atoms with Crippen molar-refractivity contribution in [1.82, 2.24) is 29.3 Å². The molecular formula is C33H35F2N7O4. The molecule has 240 valence electrons. The van der Waals surface area contributed by atoms with Crippen LogP contribution in [0.1, 0.15) is 48.3 Å². The number of halogens is 2. The molecule has 11 nitrogen and oxygen atoms in total. The van der Waals surface area contributed by atoms with Crippen molar-refractivity contribution in [1.29, 1.82) is 0 Å². The number of phenolic OH excluding ortho intramolecular Hbond substituents is 1. The van der Waals surface area contributed by atoms with Crippen molar-refractivity contribution in [3.63, 3.8) is 0 Å². The molecule has 0 aliphatic carbocycles. The van der Waals surface area contributed by atoms with E-state index in [2.05, 4.69) is 21.5 Å². The van der Waals surface area contributed by atoms with Gasteiger partial charge in [0.15, 0.2) is 11.5 Å². The Morgan fingerprint density at radius 3 is 2.50 bits per heavy atom. The van der Waals surface area contributed by atoms with Gasteiger partial charge in [-0.05, 0) is 55.7 Å². The molecule has 1 atom stereocenters. The molecule has 0 bridgehead atoms. The minimum Gasteiger partial charge on any atom is -0.507 e. The third kappa shape index (κ3) is 5.46. The number of phenols is 1. The quantitative estimate of drug-likeness (QED) is 0.315. The Hall–Kier alpha value is -5.20. The summed E-state index contributed by atoms with van der Waals surface area (Å²) in [4.78, 5) is 57.1. The minimum absolute atomic E-state index is 0.0515. The number of anilines is 1. The lowest BCUT2D eigenvalue weighted by Gasteiger charge is -2.40. The topological polar surface area (TPSA) is 125 Å². The Morgan fingerprint density at radius 2 is 1.87 bits per heavy atom. The summed E-state index contributed by atoms with van der Waals surface area (Å²) in [6, 6.07) is 4.70. The Balaban J connectivity index is 1.85. The van der Waals surface area contributed by atoms with Gasteiger partial charge in [0.1, 0.15) is 23.1 Å². The summed E-state index contributed by atoms with van der Waals surface area (Å²) in [7, 11) is 2.88. The second kappa shape index (κ2) is 12.3. The first kappa shape index (κ1) is 32.2. The number of aromatic hydroxyl groups is 1. The molecule has 1 aromatic carbocycles. The molecule has 1 aliphatic rings. The molecule has 1 aliphatic heterocycles. The number of carbonyl (C=O) groups is 2. The van der Waals surface area contributed by atoms with Gasteiger partial charge in [0.25, 0.3) is 5.91 Å². The van der Waals surface area contributed by atoms with E-state index in [0.29, 0.717) is 30.0 Å². The predicted octanol–water partition coefficient (Wildman–Crippen LogP) is 4.18. The van der Waals surface area contributed by atoms with Crippen LogP contribution < -0.4 is 10.6 Å². The first-order chi connectivity index (χ1) is 21.8. The number of amides is 2. The second-order valence-electron chi connectivity index (χ2n) is 11.8. The molecule has 4 heterocycles. The van der Waals surface area contributed by atoms with Crippen LogP contribution in [0.15, 0.2) is 47.9 Å². The van der Waals surface area contributed by atoms with Crippen molar-refractivity contribution >= 4 is 28.7 Å². The Labute approximate surface area is 264 Å². The number of aromatic nitrogens is 4. The standard InChI is InChI=1S/C33H35F2N7O4/c1-8-24(44)40-13-14-41(19(5)16-40)30-21-15-22(34)28(25-23(43)10-9-20(26(25)35)32(45)39(6)7)37-31(21)42(33(46)38-30)29-18(4)11-12-36-27(29)17(2)3/h8-12,15,17,19,43H,1,13-14,16H2,2-7H3/t19-/m0/s1. The normalized spacial score (nSPS) is 15.0. The molecule has 0 spiro atoms. The Kier molecular flexibility index (Phi) is 8.61. The van der Waals surface area contributed by atoms with E-state index < -0.39 is 45.8 Å². The fourth-order valence-electron chi connectivity index (χ4n) is 5.79. The number of hydrogen-bond acceptors (Lipinski definition) is 8. The van der Waals surface area contributed by atoms with Crippen molar-refractivity contribution in [2.75, 3.05) is 38.6 Å². The third-order valence-electron chi connectivity index (χ3n) is 8.11. The van der Waals surface area contributed by atoms with Gasteiger partial charge < -0.3 is 19.8 Å². The van der Waals surface area contributed by atoms with Crippen molar-refractivity contribution in [2.45, 2.75) is 39.7 Å². The highest BCUT2D eigenvalue weighted by Gasteiger charge is 2.31. The van der Waals surface area contributed by atoms with Crippen molar-refractivity contribution in [3.8, 4) is 22.7 Å². The first-order valence-corrected chi connectivity index (χ1v) is 14.8. The predicted molar refractivity (Wildman–Crippen MR) is 170 cm³/mol. The average molecular weight is 632 g/mol. The van der Waals surface area contributed by atoms with Crippen LogP contribution in [0.5, 0.6) is 5.75 Å². The van der Waals surface area contributed by atoms with Gasteiger partial charge in [0, 0.05) is 46.0 Å². The number of piperazine rings is 1. The number of hydrogen-bond donors (Lipinski definition) is 1. The molecule has 0 saturated carbocycles. The average Bonchev–Trinajstić information content (AvgIpc) is 3.00. The van der Waals surface area contributed by atoms with Gasteiger partial charge in [-0.2, -0.15) is 4.98 Å². The fraction of sp³-hybridized carbons (Fsp3) is 0.333. The van der Waals surface area contributed by atoms with Gasteiger partial charge in [-0.1, -0.05) is 20.4 Å². The van der Waals surface area contributed by atoms with Gasteiger partial charge in [0.05, 0.1) is 27.9 Å².